The quantitative estimate of drug-likeness (QED) is 0.724. The lowest BCUT2D eigenvalue weighted by Gasteiger charge is -2.26. The molecule has 0 N–H and O–H groups in total. The summed E-state index contributed by atoms with van der Waals surface area (Å²) in [6.07, 6.45) is 4.46. The first-order chi connectivity index (χ1) is 9.15. The third-order valence-corrected chi connectivity index (χ3v) is 3.76. The van der Waals surface area contributed by atoms with Crippen molar-refractivity contribution in [3.05, 3.63) is 52.6 Å². The summed E-state index contributed by atoms with van der Waals surface area (Å²) in [5.41, 5.74) is 2.15. The van der Waals surface area contributed by atoms with Crippen molar-refractivity contribution in [1.29, 1.82) is 0 Å². The Balaban J connectivity index is 2.25. The lowest BCUT2D eigenvalue weighted by Crippen LogP contribution is -2.26. The third-order valence-electron chi connectivity index (χ3n) is 3.76. The molecule has 0 saturated carbocycles. The van der Waals surface area contributed by atoms with Crippen molar-refractivity contribution in [3.8, 4) is 5.75 Å². The monoisotopic (exact) mass is 254 g/mol. The highest BCUT2D eigenvalue weighted by molar-refractivity contribution is 6.28. The second-order valence-electron chi connectivity index (χ2n) is 4.85. The molecule has 0 heterocycles. The van der Waals surface area contributed by atoms with Gasteiger partial charge in [0.2, 0.25) is 0 Å². The SMILES string of the molecule is COc1cccc2c1C(=O)C1=C(C2=O)[C@@H](C)C=CC1. The molecule has 1 aromatic rings. The molecule has 0 saturated heterocycles. The van der Waals surface area contributed by atoms with Crippen molar-refractivity contribution in [2.45, 2.75) is 13.3 Å². The molecule has 19 heavy (non-hydrogen) atoms. The summed E-state index contributed by atoms with van der Waals surface area (Å²) in [7, 11) is 1.51. The van der Waals surface area contributed by atoms with Crippen molar-refractivity contribution in [1.82, 2.24) is 0 Å². The Morgan fingerprint density at radius 1 is 1.21 bits per heavy atom. The smallest absolute Gasteiger partial charge is 0.194 e. The van der Waals surface area contributed by atoms with Crippen molar-refractivity contribution >= 4 is 11.6 Å². The van der Waals surface area contributed by atoms with Crippen LogP contribution in [-0.4, -0.2) is 18.7 Å². The summed E-state index contributed by atoms with van der Waals surface area (Å²) in [6.45, 7) is 1.95. The predicted octanol–water partition coefficient (Wildman–Crippen LogP) is 2.97. The molecule has 0 aliphatic heterocycles. The number of hydrogen-bond donors (Lipinski definition) is 0. The lowest BCUT2D eigenvalue weighted by atomic mass is 9.75. The van der Waals surface area contributed by atoms with E-state index < -0.39 is 0 Å². The van der Waals surface area contributed by atoms with Gasteiger partial charge in [-0.1, -0.05) is 31.2 Å². The molecule has 96 valence electrons. The van der Waals surface area contributed by atoms with Gasteiger partial charge >= 0.3 is 0 Å². The van der Waals surface area contributed by atoms with Gasteiger partial charge in [0, 0.05) is 22.6 Å². The number of hydrogen-bond acceptors (Lipinski definition) is 3. The van der Waals surface area contributed by atoms with E-state index in [9.17, 15) is 9.59 Å². The molecule has 2 aliphatic carbocycles. The highest BCUT2D eigenvalue weighted by atomic mass is 16.5. The van der Waals surface area contributed by atoms with Crippen molar-refractivity contribution in [2.75, 3.05) is 7.11 Å². The van der Waals surface area contributed by atoms with Crippen LogP contribution in [0.25, 0.3) is 0 Å². The van der Waals surface area contributed by atoms with E-state index in [4.69, 9.17) is 4.74 Å². The van der Waals surface area contributed by atoms with Crippen LogP contribution < -0.4 is 4.74 Å². The molecule has 0 radical (unpaired) electrons. The minimum absolute atomic E-state index is 0.000416. The Labute approximate surface area is 111 Å². The van der Waals surface area contributed by atoms with Gasteiger partial charge in [-0.25, -0.2) is 0 Å². The van der Waals surface area contributed by atoms with Crippen molar-refractivity contribution in [2.24, 2.45) is 5.92 Å². The molecule has 0 bridgehead atoms. The number of benzene rings is 1. The number of fused-ring (bicyclic) bond motifs is 1. The van der Waals surface area contributed by atoms with E-state index in [2.05, 4.69) is 0 Å². The molecule has 0 aromatic heterocycles. The van der Waals surface area contributed by atoms with Gasteiger partial charge in [-0.05, 0) is 12.5 Å². The Hall–Kier alpha value is -2.16. The summed E-state index contributed by atoms with van der Waals surface area (Å²) in [4.78, 5) is 25.2. The van der Waals surface area contributed by atoms with Crippen LogP contribution >= 0.6 is 0 Å². The minimum Gasteiger partial charge on any atom is -0.496 e. The standard InChI is InChI=1S/C16H14O3/c1-9-5-3-6-10-13(9)15(17)11-7-4-8-12(19-2)14(11)16(10)18/h3-5,7-9H,6H2,1-2H3/t9-/m0/s1. The summed E-state index contributed by atoms with van der Waals surface area (Å²) in [5, 5.41) is 0. The first-order valence-corrected chi connectivity index (χ1v) is 6.31. The van der Waals surface area contributed by atoms with Gasteiger partial charge in [-0.3, -0.25) is 9.59 Å². The third kappa shape index (κ3) is 1.58. The predicted molar refractivity (Wildman–Crippen MR) is 71.6 cm³/mol. The molecule has 0 fully saturated rings. The molecule has 0 spiro atoms. The zero-order chi connectivity index (χ0) is 13.6. The molecular weight excluding hydrogens is 240 g/mol. The number of ether oxygens (including phenoxy) is 1. The molecule has 3 heteroatoms. The molecule has 1 atom stereocenters. The van der Waals surface area contributed by atoms with Crippen LogP contribution in [0, 0.1) is 5.92 Å². The van der Waals surface area contributed by atoms with E-state index in [-0.39, 0.29) is 17.5 Å². The summed E-state index contributed by atoms with van der Waals surface area (Å²) in [6, 6.07) is 5.17. The van der Waals surface area contributed by atoms with Crippen LogP contribution in [-0.2, 0) is 0 Å². The molecule has 2 aliphatic rings. The number of ketones is 2. The first-order valence-electron chi connectivity index (χ1n) is 6.31. The number of methoxy groups -OCH3 is 1. The van der Waals surface area contributed by atoms with Gasteiger partial charge in [-0.2, -0.15) is 0 Å². The van der Waals surface area contributed by atoms with Crippen LogP contribution in [0.15, 0.2) is 41.5 Å². The fourth-order valence-corrected chi connectivity index (χ4v) is 2.85. The number of allylic oxidation sites excluding steroid dienone is 4. The molecular formula is C16H14O3. The Kier molecular flexibility index (Phi) is 2.63. The fourth-order valence-electron chi connectivity index (χ4n) is 2.85. The van der Waals surface area contributed by atoms with Crippen LogP contribution in [0.1, 0.15) is 34.1 Å². The maximum Gasteiger partial charge on any atom is 0.194 e. The van der Waals surface area contributed by atoms with Crippen molar-refractivity contribution in [3.63, 3.8) is 0 Å². The van der Waals surface area contributed by atoms with E-state index in [0.29, 0.717) is 34.4 Å². The lowest BCUT2D eigenvalue weighted by molar-refractivity contribution is 0.0963. The molecule has 0 amide bonds. The van der Waals surface area contributed by atoms with E-state index >= 15 is 0 Å². The Morgan fingerprint density at radius 3 is 2.74 bits per heavy atom. The van der Waals surface area contributed by atoms with E-state index in [1.807, 2.05) is 19.1 Å². The number of rotatable bonds is 1. The molecule has 3 rings (SSSR count). The zero-order valence-corrected chi connectivity index (χ0v) is 10.9. The fraction of sp³-hybridized carbons (Fsp3) is 0.250. The second-order valence-corrected chi connectivity index (χ2v) is 4.85. The van der Waals surface area contributed by atoms with Crippen molar-refractivity contribution < 1.29 is 14.3 Å². The van der Waals surface area contributed by atoms with Gasteiger partial charge < -0.3 is 4.74 Å². The van der Waals surface area contributed by atoms with Gasteiger partial charge in [0.1, 0.15) is 5.75 Å². The first kappa shape index (κ1) is 11.9. The summed E-state index contributed by atoms with van der Waals surface area (Å²) >= 11 is 0. The summed E-state index contributed by atoms with van der Waals surface area (Å²) in [5.74, 6) is 0.364. The zero-order valence-electron chi connectivity index (χ0n) is 10.9. The van der Waals surface area contributed by atoms with Gasteiger partial charge in [0.25, 0.3) is 0 Å². The topological polar surface area (TPSA) is 43.4 Å². The number of Topliss-reactive ketones (excluding diaryl/α,β-unsaturated/α-hetero) is 2. The molecule has 0 unspecified atom stereocenters. The molecule has 3 nitrogen and oxygen atoms in total. The average molecular weight is 254 g/mol. The van der Waals surface area contributed by atoms with Crippen LogP contribution in [0.2, 0.25) is 0 Å². The summed E-state index contributed by atoms with van der Waals surface area (Å²) < 4.78 is 5.22. The second kappa shape index (κ2) is 4.19. The van der Waals surface area contributed by atoms with E-state index in [1.165, 1.54) is 7.11 Å². The van der Waals surface area contributed by atoms with E-state index in [1.54, 1.807) is 18.2 Å². The number of carbonyl (C=O) groups is 2. The highest BCUT2D eigenvalue weighted by Gasteiger charge is 2.36. The van der Waals surface area contributed by atoms with E-state index in [0.717, 1.165) is 0 Å². The Morgan fingerprint density at radius 2 is 2.00 bits per heavy atom. The Bertz CT molecular complexity index is 650. The van der Waals surface area contributed by atoms with Gasteiger partial charge in [0.15, 0.2) is 11.6 Å². The van der Waals surface area contributed by atoms with Gasteiger partial charge in [-0.15, -0.1) is 0 Å². The van der Waals surface area contributed by atoms with Crippen LogP contribution in [0.5, 0.6) is 5.75 Å². The maximum atomic E-state index is 12.6. The van der Waals surface area contributed by atoms with Crippen LogP contribution in [0.3, 0.4) is 0 Å². The van der Waals surface area contributed by atoms with Gasteiger partial charge in [0.05, 0.1) is 12.7 Å². The largest absolute Gasteiger partial charge is 0.496 e. The average Bonchev–Trinajstić information content (AvgIpc) is 2.43. The van der Waals surface area contributed by atoms with Crippen LogP contribution in [0.4, 0.5) is 0 Å². The normalized spacial score (nSPS) is 21.3. The molecule has 1 aromatic carbocycles. The number of carbonyl (C=O) groups excluding carboxylic acids is 2. The maximum absolute atomic E-state index is 12.6. The highest BCUT2D eigenvalue weighted by Crippen LogP contribution is 2.38. The minimum atomic E-state index is -0.0711.